The number of fused-ring (bicyclic) bond motifs is 1. The highest BCUT2D eigenvalue weighted by molar-refractivity contribution is 6.31. The lowest BCUT2D eigenvalue weighted by Gasteiger charge is -2.24. The van der Waals surface area contributed by atoms with Gasteiger partial charge in [0.15, 0.2) is 0 Å². The number of ether oxygens (including phenoxy) is 1. The maximum Gasteiger partial charge on any atom is 0.339 e. The number of nitrogens with zero attached hydrogens (tertiary/aromatic N) is 1. The smallest absolute Gasteiger partial charge is 0.339 e. The topological polar surface area (TPSA) is 71.7 Å². The average molecular weight is 526 g/mol. The standard InChI is InChI=1S/C32H28ClNO4/c33-24-15-16-28-27(21-24)25(18-20-38-30-14-8-7-13-26(30)32(36)37)29(17-19-35)34(28)31(22-9-3-1-4-10-22)23-11-5-2-6-12-23/h1-16,21,31,35H,17-20H2,(H,36,37). The molecule has 5 rings (SSSR count). The van der Waals surface area contributed by atoms with E-state index in [4.69, 9.17) is 16.3 Å². The number of para-hydroxylation sites is 1. The molecular formula is C32H28ClNO4. The van der Waals surface area contributed by atoms with E-state index >= 15 is 0 Å². The fourth-order valence-electron chi connectivity index (χ4n) is 5.15. The highest BCUT2D eigenvalue weighted by Gasteiger charge is 2.25. The molecule has 0 atom stereocenters. The van der Waals surface area contributed by atoms with Crippen molar-refractivity contribution >= 4 is 28.5 Å². The molecule has 6 heteroatoms. The van der Waals surface area contributed by atoms with Crippen LogP contribution in [0, 0.1) is 0 Å². The molecule has 0 bridgehead atoms. The summed E-state index contributed by atoms with van der Waals surface area (Å²) in [5.74, 6) is -0.699. The summed E-state index contributed by atoms with van der Waals surface area (Å²) < 4.78 is 8.27. The average Bonchev–Trinajstić information content (AvgIpc) is 3.22. The first-order valence-electron chi connectivity index (χ1n) is 12.6. The fraction of sp³-hybridized carbons (Fsp3) is 0.156. The van der Waals surface area contributed by atoms with Crippen LogP contribution in [0.25, 0.3) is 10.9 Å². The molecule has 0 aliphatic rings. The van der Waals surface area contributed by atoms with Gasteiger partial charge >= 0.3 is 5.97 Å². The number of aromatic carboxylic acids is 1. The Morgan fingerprint density at radius 3 is 2.11 bits per heavy atom. The van der Waals surface area contributed by atoms with Crippen molar-refractivity contribution < 1.29 is 19.7 Å². The van der Waals surface area contributed by atoms with Crippen molar-refractivity contribution in [1.29, 1.82) is 0 Å². The van der Waals surface area contributed by atoms with Crippen molar-refractivity contribution in [2.45, 2.75) is 18.9 Å². The highest BCUT2D eigenvalue weighted by Crippen LogP contribution is 2.37. The zero-order valence-corrected chi connectivity index (χ0v) is 21.5. The zero-order valence-electron chi connectivity index (χ0n) is 20.8. The monoisotopic (exact) mass is 525 g/mol. The number of carbonyl (C=O) groups is 1. The van der Waals surface area contributed by atoms with Crippen molar-refractivity contribution in [2.75, 3.05) is 13.2 Å². The van der Waals surface area contributed by atoms with Crippen molar-refractivity contribution in [3.8, 4) is 5.75 Å². The Hall–Kier alpha value is -4.06. The molecule has 2 N–H and O–H groups in total. The third kappa shape index (κ3) is 5.17. The van der Waals surface area contributed by atoms with E-state index in [0.717, 1.165) is 33.3 Å². The normalized spacial score (nSPS) is 11.2. The van der Waals surface area contributed by atoms with Crippen LogP contribution in [0.5, 0.6) is 5.75 Å². The van der Waals surface area contributed by atoms with Crippen LogP contribution < -0.4 is 4.74 Å². The van der Waals surface area contributed by atoms with Crippen LogP contribution in [0.4, 0.5) is 0 Å². The number of aliphatic hydroxyl groups excluding tert-OH is 1. The summed E-state index contributed by atoms with van der Waals surface area (Å²) in [5, 5.41) is 21.3. The molecule has 0 radical (unpaired) electrons. The summed E-state index contributed by atoms with van der Waals surface area (Å²) in [7, 11) is 0. The van der Waals surface area contributed by atoms with Crippen LogP contribution in [0.1, 0.15) is 38.8 Å². The highest BCUT2D eigenvalue weighted by atomic mass is 35.5. The third-order valence-corrected chi connectivity index (χ3v) is 6.98. The maximum absolute atomic E-state index is 11.6. The first-order valence-corrected chi connectivity index (χ1v) is 12.9. The number of benzene rings is 4. The molecule has 0 unspecified atom stereocenters. The predicted octanol–water partition coefficient (Wildman–Crippen LogP) is 6.79. The molecular weight excluding hydrogens is 498 g/mol. The first kappa shape index (κ1) is 25.6. The molecule has 0 saturated heterocycles. The Balaban J connectivity index is 1.64. The second-order valence-electron chi connectivity index (χ2n) is 9.05. The number of carboxylic acid groups (broad SMARTS) is 1. The van der Waals surface area contributed by atoms with E-state index in [0.29, 0.717) is 23.6 Å². The van der Waals surface area contributed by atoms with Gasteiger partial charge in [-0.3, -0.25) is 0 Å². The second kappa shape index (κ2) is 11.5. The van der Waals surface area contributed by atoms with Gasteiger partial charge in [-0.2, -0.15) is 0 Å². The first-order chi connectivity index (χ1) is 18.6. The molecule has 1 heterocycles. The van der Waals surface area contributed by atoms with Gasteiger partial charge < -0.3 is 19.5 Å². The Bertz CT molecular complexity index is 1510. The number of hydrogen-bond donors (Lipinski definition) is 2. The maximum atomic E-state index is 11.6. The van der Waals surface area contributed by atoms with Gasteiger partial charge in [-0.15, -0.1) is 0 Å². The summed E-state index contributed by atoms with van der Waals surface area (Å²) in [6.07, 6.45) is 0.965. The van der Waals surface area contributed by atoms with Crippen molar-refractivity contribution in [3.63, 3.8) is 0 Å². The van der Waals surface area contributed by atoms with Crippen LogP contribution in [-0.2, 0) is 12.8 Å². The minimum atomic E-state index is -1.03. The Kier molecular flexibility index (Phi) is 7.78. The minimum absolute atomic E-state index is 0.0178. The number of carboxylic acids is 1. The van der Waals surface area contributed by atoms with Gasteiger partial charge in [0.05, 0.1) is 12.6 Å². The lowest BCUT2D eigenvalue weighted by molar-refractivity contribution is 0.0692. The van der Waals surface area contributed by atoms with Gasteiger partial charge in [0.25, 0.3) is 0 Å². The Morgan fingerprint density at radius 2 is 1.47 bits per heavy atom. The van der Waals surface area contributed by atoms with Crippen LogP contribution in [-0.4, -0.2) is 34.0 Å². The number of aromatic nitrogens is 1. The molecule has 0 spiro atoms. The minimum Gasteiger partial charge on any atom is -0.492 e. The summed E-state index contributed by atoms with van der Waals surface area (Å²) in [4.78, 5) is 11.6. The molecule has 5 nitrogen and oxygen atoms in total. The van der Waals surface area contributed by atoms with Crippen LogP contribution >= 0.6 is 11.6 Å². The number of rotatable bonds is 10. The van der Waals surface area contributed by atoms with E-state index in [2.05, 4.69) is 28.8 Å². The Labute approximate surface area is 226 Å². The molecule has 4 aromatic carbocycles. The van der Waals surface area contributed by atoms with Crippen molar-refractivity contribution in [3.05, 3.63) is 136 Å². The van der Waals surface area contributed by atoms with Crippen LogP contribution in [0.2, 0.25) is 5.02 Å². The molecule has 0 aliphatic heterocycles. The van der Waals surface area contributed by atoms with Crippen LogP contribution in [0.3, 0.4) is 0 Å². The number of halogens is 1. The lowest BCUT2D eigenvalue weighted by Crippen LogP contribution is -2.17. The van der Waals surface area contributed by atoms with Crippen molar-refractivity contribution in [2.24, 2.45) is 0 Å². The summed E-state index contributed by atoms with van der Waals surface area (Å²) in [6, 6.07) is 33.0. The van der Waals surface area contributed by atoms with Gasteiger partial charge in [0, 0.05) is 41.1 Å². The van der Waals surface area contributed by atoms with Gasteiger partial charge in [-0.05, 0) is 47.0 Å². The van der Waals surface area contributed by atoms with E-state index in [1.165, 1.54) is 6.07 Å². The lowest BCUT2D eigenvalue weighted by atomic mass is 9.97. The van der Waals surface area contributed by atoms with E-state index in [1.54, 1.807) is 18.2 Å². The molecule has 0 aliphatic carbocycles. The molecule has 192 valence electrons. The van der Waals surface area contributed by atoms with Crippen LogP contribution in [0.15, 0.2) is 103 Å². The second-order valence-corrected chi connectivity index (χ2v) is 9.49. The summed E-state index contributed by atoms with van der Waals surface area (Å²) in [6.45, 7) is 0.256. The van der Waals surface area contributed by atoms with E-state index in [1.807, 2.05) is 54.6 Å². The molecule has 1 aromatic heterocycles. The quantitative estimate of drug-likeness (QED) is 0.211. The molecule has 38 heavy (non-hydrogen) atoms. The largest absolute Gasteiger partial charge is 0.492 e. The van der Waals surface area contributed by atoms with Crippen molar-refractivity contribution in [1.82, 2.24) is 4.57 Å². The van der Waals surface area contributed by atoms with E-state index in [9.17, 15) is 15.0 Å². The Morgan fingerprint density at radius 1 is 0.842 bits per heavy atom. The summed E-state index contributed by atoms with van der Waals surface area (Å²) >= 11 is 6.47. The predicted molar refractivity (Wildman–Crippen MR) is 150 cm³/mol. The number of hydrogen-bond acceptors (Lipinski definition) is 3. The fourth-order valence-corrected chi connectivity index (χ4v) is 5.32. The van der Waals surface area contributed by atoms with E-state index in [-0.39, 0.29) is 24.8 Å². The third-order valence-electron chi connectivity index (χ3n) is 6.75. The van der Waals surface area contributed by atoms with Gasteiger partial charge in [0.2, 0.25) is 0 Å². The summed E-state index contributed by atoms with van der Waals surface area (Å²) in [5.41, 5.74) is 5.42. The SMILES string of the molecule is O=C(O)c1ccccc1OCCc1c(CCO)n(C(c2ccccc2)c2ccccc2)c2ccc(Cl)cc12. The van der Waals surface area contributed by atoms with E-state index < -0.39 is 5.97 Å². The zero-order chi connectivity index (χ0) is 26.5. The molecule has 5 aromatic rings. The van der Waals surface area contributed by atoms with Gasteiger partial charge in [-0.25, -0.2) is 4.79 Å². The number of aliphatic hydroxyl groups is 1. The van der Waals surface area contributed by atoms with Gasteiger partial charge in [0.1, 0.15) is 11.3 Å². The molecule has 0 fully saturated rings. The molecule has 0 amide bonds. The molecule has 0 saturated carbocycles. The van der Waals surface area contributed by atoms with Gasteiger partial charge in [-0.1, -0.05) is 84.4 Å².